The summed E-state index contributed by atoms with van der Waals surface area (Å²) >= 11 is 0. The quantitative estimate of drug-likeness (QED) is 0.285. The van der Waals surface area contributed by atoms with E-state index in [4.69, 9.17) is 25.9 Å². The van der Waals surface area contributed by atoms with Crippen LogP contribution in [0.5, 0.6) is 0 Å². The molecule has 0 aromatic heterocycles. The molecular weight excluding hydrogens is 360 g/mol. The molecule has 0 spiro atoms. The molecular formula is C2H8F6O6P2S2. The lowest BCUT2D eigenvalue weighted by atomic mass is 11.6. The smallest absolute Gasteiger partial charge is 0.279 e. The van der Waals surface area contributed by atoms with E-state index in [1.807, 2.05) is 0 Å². The van der Waals surface area contributed by atoms with Crippen LogP contribution in [0.15, 0.2) is 0 Å². The average molecular weight is 368 g/mol. The molecule has 2 N–H and O–H groups in total. The fourth-order valence-electron chi connectivity index (χ4n) is 0. The van der Waals surface area contributed by atoms with Crippen LogP contribution in [-0.2, 0) is 20.2 Å². The minimum absolute atomic E-state index is 0. The fourth-order valence-corrected chi connectivity index (χ4v) is 0. The lowest BCUT2D eigenvalue weighted by Gasteiger charge is -1.97. The Morgan fingerprint density at radius 2 is 0.667 bits per heavy atom. The first-order valence-electron chi connectivity index (χ1n) is 2.57. The van der Waals surface area contributed by atoms with Crippen LogP contribution in [0.1, 0.15) is 0 Å². The molecule has 0 heterocycles. The molecule has 18 heavy (non-hydrogen) atoms. The van der Waals surface area contributed by atoms with E-state index in [2.05, 4.69) is 0 Å². The van der Waals surface area contributed by atoms with Gasteiger partial charge in [0.25, 0.3) is 0 Å². The van der Waals surface area contributed by atoms with Crippen molar-refractivity contribution in [2.24, 2.45) is 0 Å². The molecule has 6 nitrogen and oxygen atoms in total. The fraction of sp³-hybridized carbons (Fsp3) is 1.00. The number of hydrogen-bond donors (Lipinski definition) is 2. The van der Waals surface area contributed by atoms with Gasteiger partial charge in [0.15, 0.2) is 0 Å². The Morgan fingerprint density at radius 3 is 0.667 bits per heavy atom. The van der Waals surface area contributed by atoms with Gasteiger partial charge in [-0.15, -0.1) is 0 Å². The molecule has 0 aliphatic rings. The maximum atomic E-state index is 10.7. The van der Waals surface area contributed by atoms with E-state index in [0.29, 0.717) is 0 Å². The van der Waals surface area contributed by atoms with E-state index < -0.39 is 31.3 Å². The molecule has 0 bridgehead atoms. The second-order valence-electron chi connectivity index (χ2n) is 1.84. The highest BCUT2D eigenvalue weighted by Crippen LogP contribution is 2.21. The van der Waals surface area contributed by atoms with Gasteiger partial charge in [0, 0.05) is 0 Å². The van der Waals surface area contributed by atoms with Crippen LogP contribution in [-0.4, -0.2) is 37.0 Å². The second-order valence-corrected chi connectivity index (χ2v) is 4.67. The van der Waals surface area contributed by atoms with Gasteiger partial charge in [0.2, 0.25) is 0 Å². The molecule has 2 unspecified atom stereocenters. The van der Waals surface area contributed by atoms with Gasteiger partial charge >= 0.3 is 31.3 Å². The van der Waals surface area contributed by atoms with Crippen LogP contribution in [0.3, 0.4) is 0 Å². The monoisotopic (exact) mass is 368 g/mol. The van der Waals surface area contributed by atoms with Gasteiger partial charge in [-0.2, -0.15) is 63.0 Å². The van der Waals surface area contributed by atoms with E-state index in [1.54, 1.807) is 0 Å². The van der Waals surface area contributed by atoms with Crippen LogP contribution in [0.25, 0.3) is 0 Å². The minimum atomic E-state index is -5.84. The van der Waals surface area contributed by atoms with Crippen molar-refractivity contribution in [1.29, 1.82) is 0 Å². The molecule has 0 aliphatic carbocycles. The predicted octanol–water partition coefficient (Wildman–Crippen LogP) is 0.904. The van der Waals surface area contributed by atoms with Crippen molar-refractivity contribution in [3.8, 4) is 0 Å². The van der Waals surface area contributed by atoms with Gasteiger partial charge in [0.05, 0.1) is 0 Å². The van der Waals surface area contributed by atoms with Crippen molar-refractivity contribution in [3.63, 3.8) is 0 Å². The highest BCUT2D eigenvalue weighted by atomic mass is 32.2. The zero-order valence-electron chi connectivity index (χ0n) is 8.03. The summed E-state index contributed by atoms with van der Waals surface area (Å²) in [7, 11) is -11.7. The van der Waals surface area contributed by atoms with Crippen molar-refractivity contribution in [2.45, 2.75) is 11.0 Å². The topological polar surface area (TPSA) is 109 Å². The third kappa shape index (κ3) is 11.4. The van der Waals surface area contributed by atoms with E-state index in [9.17, 15) is 26.3 Å². The van der Waals surface area contributed by atoms with Gasteiger partial charge in [0.1, 0.15) is 0 Å². The van der Waals surface area contributed by atoms with E-state index in [0.717, 1.165) is 0 Å². The summed E-state index contributed by atoms with van der Waals surface area (Å²) in [4.78, 5) is 0. The van der Waals surface area contributed by atoms with E-state index in [-0.39, 0.29) is 19.8 Å². The van der Waals surface area contributed by atoms with Gasteiger partial charge in [-0.25, -0.2) is 0 Å². The first kappa shape index (κ1) is 26.8. The number of hydrogen-bond acceptors (Lipinski definition) is 4. The Bertz CT molecular complexity index is 378. The maximum absolute atomic E-state index is 10.7. The summed E-state index contributed by atoms with van der Waals surface area (Å²) in [6.45, 7) is 0. The molecule has 16 heteroatoms. The molecule has 0 aromatic carbocycles. The first-order chi connectivity index (χ1) is 6.50. The number of alkyl halides is 6. The number of rotatable bonds is 0. The summed E-state index contributed by atoms with van der Waals surface area (Å²) in [5.74, 6) is 0. The van der Waals surface area contributed by atoms with Crippen LogP contribution in [0.2, 0.25) is 0 Å². The van der Waals surface area contributed by atoms with Crippen LogP contribution in [0.4, 0.5) is 26.3 Å². The molecule has 116 valence electrons. The molecule has 0 rings (SSSR count). The van der Waals surface area contributed by atoms with Gasteiger partial charge in [-0.3, -0.25) is 9.11 Å². The third-order valence-corrected chi connectivity index (χ3v) is 1.75. The van der Waals surface area contributed by atoms with E-state index >= 15 is 0 Å². The minimum Gasteiger partial charge on any atom is -0.279 e. The van der Waals surface area contributed by atoms with Crippen molar-refractivity contribution in [3.05, 3.63) is 0 Å². The van der Waals surface area contributed by atoms with Crippen LogP contribution < -0.4 is 0 Å². The second kappa shape index (κ2) is 7.75. The lowest BCUT2D eigenvalue weighted by Crippen LogP contribution is -2.21. The lowest BCUT2D eigenvalue weighted by molar-refractivity contribution is -0.0514. The third-order valence-electron chi connectivity index (χ3n) is 0.585. The summed E-state index contributed by atoms with van der Waals surface area (Å²) in [6.07, 6.45) is 0. The Hall–Kier alpha value is 0.260. The van der Waals surface area contributed by atoms with Gasteiger partial charge < -0.3 is 0 Å². The zero-order chi connectivity index (χ0) is 14.0. The van der Waals surface area contributed by atoms with Crippen molar-refractivity contribution < 1.29 is 52.3 Å². The molecule has 0 fully saturated rings. The summed E-state index contributed by atoms with van der Waals surface area (Å²) in [6, 6.07) is 0. The average Bonchev–Trinajstić information content (AvgIpc) is 1.77. The van der Waals surface area contributed by atoms with Gasteiger partial charge in [-0.1, -0.05) is 0 Å². The predicted molar refractivity (Wildman–Crippen MR) is 57.4 cm³/mol. The van der Waals surface area contributed by atoms with Gasteiger partial charge in [-0.05, 0) is 0 Å². The Morgan fingerprint density at radius 1 is 0.611 bits per heavy atom. The van der Waals surface area contributed by atoms with E-state index in [1.165, 1.54) is 0 Å². The number of halogens is 6. The molecule has 0 radical (unpaired) electrons. The normalized spacial score (nSPS) is 12.4. The summed E-state index contributed by atoms with van der Waals surface area (Å²) in [5, 5.41) is 0. The highest BCUT2D eigenvalue weighted by Gasteiger charge is 2.45. The van der Waals surface area contributed by atoms with Crippen LogP contribution in [0, 0.1) is 0 Å². The van der Waals surface area contributed by atoms with Crippen molar-refractivity contribution >= 4 is 40.0 Å². The highest BCUT2D eigenvalue weighted by molar-refractivity contribution is 7.86. The van der Waals surface area contributed by atoms with Crippen molar-refractivity contribution in [2.75, 3.05) is 0 Å². The molecule has 0 saturated heterocycles. The molecule has 0 saturated carbocycles. The first-order valence-corrected chi connectivity index (χ1v) is 5.45. The molecule has 0 aromatic rings. The largest absolute Gasteiger partial charge is 0.522 e. The Balaban J connectivity index is -0.0000000980. The molecule has 2 atom stereocenters. The standard InChI is InChI=1S/2CHF3O3S.2H3P/c2*2-1(3,4)8(5,6)7;;/h2*(H,5,6,7);2*1H3. The Kier molecular flexibility index (Phi) is 11.5. The summed E-state index contributed by atoms with van der Waals surface area (Å²) in [5.41, 5.74) is -11.1. The maximum Gasteiger partial charge on any atom is 0.522 e. The van der Waals surface area contributed by atoms with Crippen LogP contribution >= 0.6 is 19.8 Å². The van der Waals surface area contributed by atoms with Crippen molar-refractivity contribution in [1.82, 2.24) is 0 Å². The molecule has 0 aliphatic heterocycles. The zero-order valence-corrected chi connectivity index (χ0v) is 12.5. The Labute approximate surface area is 104 Å². The SMILES string of the molecule is O=S(=O)(O)C(F)(F)F.O=S(=O)(O)C(F)(F)F.P.P. The molecule has 0 amide bonds. The summed E-state index contributed by atoms with van der Waals surface area (Å²) < 4.78 is 115.